The van der Waals surface area contributed by atoms with E-state index in [2.05, 4.69) is 0 Å². The van der Waals surface area contributed by atoms with Crippen LogP contribution in [0.25, 0.3) is 0 Å². The average Bonchev–Trinajstić information content (AvgIpc) is 2.60. The molecule has 128 valence electrons. The normalized spacial score (nSPS) is 13.1. The fourth-order valence-electron chi connectivity index (χ4n) is 2.28. The number of nitrogens with two attached hydrogens (primary N) is 1. The minimum Gasteiger partial charge on any atom is -0.496 e. The average molecular weight is 347 g/mol. The molecule has 0 bridgehead atoms. The fourth-order valence-corrected chi connectivity index (χ4v) is 3.47. The number of carbonyl (C=O) groups is 1. The van der Waals surface area contributed by atoms with Gasteiger partial charge in [-0.2, -0.15) is 0 Å². The summed E-state index contributed by atoms with van der Waals surface area (Å²) in [6.07, 6.45) is -1.34. The summed E-state index contributed by atoms with van der Waals surface area (Å²) in [7, 11) is 1.55. The van der Waals surface area contributed by atoms with Gasteiger partial charge in [0, 0.05) is 16.1 Å². The summed E-state index contributed by atoms with van der Waals surface area (Å²) in [4.78, 5) is 12.8. The van der Waals surface area contributed by atoms with Crippen molar-refractivity contribution in [2.24, 2.45) is 0 Å². The van der Waals surface area contributed by atoms with Crippen LogP contribution in [-0.2, 0) is 9.53 Å². The van der Waals surface area contributed by atoms with Crippen LogP contribution in [0.2, 0.25) is 0 Å². The maximum absolute atomic E-state index is 12.1. The third-order valence-electron chi connectivity index (χ3n) is 3.43. The van der Waals surface area contributed by atoms with Gasteiger partial charge in [-0.15, -0.1) is 11.8 Å². The Morgan fingerprint density at radius 3 is 2.54 bits per heavy atom. The summed E-state index contributed by atoms with van der Waals surface area (Å²) in [5.41, 5.74) is 7.29. The number of anilines is 1. The molecular weight excluding hydrogens is 326 g/mol. The lowest BCUT2D eigenvalue weighted by Crippen LogP contribution is -2.28. The molecule has 6 heteroatoms. The minimum absolute atomic E-state index is 0.201. The van der Waals surface area contributed by atoms with Crippen molar-refractivity contribution in [1.82, 2.24) is 0 Å². The van der Waals surface area contributed by atoms with Crippen molar-refractivity contribution in [1.29, 1.82) is 0 Å². The van der Waals surface area contributed by atoms with Gasteiger partial charge in [0.15, 0.2) is 6.10 Å². The molecule has 0 amide bonds. The zero-order valence-electron chi connectivity index (χ0n) is 13.6. The zero-order valence-corrected chi connectivity index (χ0v) is 14.5. The molecule has 0 aliphatic heterocycles. The van der Waals surface area contributed by atoms with E-state index in [1.165, 1.54) is 11.8 Å². The molecule has 0 fully saturated rings. The lowest BCUT2D eigenvalue weighted by molar-refractivity contribution is -0.153. The second-order valence-electron chi connectivity index (χ2n) is 5.02. The summed E-state index contributed by atoms with van der Waals surface area (Å²) < 4.78 is 10.3. The van der Waals surface area contributed by atoms with Crippen molar-refractivity contribution in [3.8, 4) is 5.75 Å². The molecule has 3 N–H and O–H groups in total. The van der Waals surface area contributed by atoms with Gasteiger partial charge >= 0.3 is 5.97 Å². The largest absolute Gasteiger partial charge is 0.496 e. The molecule has 2 rings (SSSR count). The van der Waals surface area contributed by atoms with Gasteiger partial charge in [-0.25, -0.2) is 4.79 Å². The molecular formula is C18H21NO4S. The predicted molar refractivity (Wildman–Crippen MR) is 95.1 cm³/mol. The number of esters is 1. The number of nitrogen functional groups attached to an aromatic ring is 1. The Labute approximate surface area is 145 Å². The predicted octanol–water partition coefficient (Wildman–Crippen LogP) is 3.03. The van der Waals surface area contributed by atoms with Crippen LogP contribution in [-0.4, -0.2) is 30.9 Å². The van der Waals surface area contributed by atoms with Crippen LogP contribution in [0.4, 0.5) is 5.69 Å². The molecule has 0 unspecified atom stereocenters. The summed E-state index contributed by atoms with van der Waals surface area (Å²) in [6.45, 7) is 1.90. The lowest BCUT2D eigenvalue weighted by Gasteiger charge is -2.23. The Morgan fingerprint density at radius 2 is 1.88 bits per heavy atom. The first kappa shape index (κ1) is 18.2. The van der Waals surface area contributed by atoms with Gasteiger partial charge in [0.2, 0.25) is 0 Å². The quantitative estimate of drug-likeness (QED) is 0.455. The summed E-state index contributed by atoms with van der Waals surface area (Å²) in [5.74, 6) is -0.0803. The first-order valence-electron chi connectivity index (χ1n) is 7.57. The molecule has 24 heavy (non-hydrogen) atoms. The van der Waals surface area contributed by atoms with Crippen LogP contribution in [0.1, 0.15) is 17.7 Å². The zero-order chi connectivity index (χ0) is 17.5. The molecule has 2 aromatic carbocycles. The highest BCUT2D eigenvalue weighted by atomic mass is 32.2. The van der Waals surface area contributed by atoms with E-state index in [0.717, 1.165) is 4.90 Å². The lowest BCUT2D eigenvalue weighted by atomic mass is 10.1. The molecule has 0 aliphatic rings. The first-order chi connectivity index (χ1) is 11.6. The molecule has 2 aromatic rings. The Hall–Kier alpha value is -2.18. The Morgan fingerprint density at radius 1 is 1.21 bits per heavy atom. The standard InChI is InChI=1S/C18H21NO4S/c1-3-23-18(21)16(20)17(12-8-4-6-10-14(12)22-2)24-15-11-7-5-9-13(15)19/h4-11,16-17,20H,3,19H2,1-2H3/t16-,17+/m1/s1. The van der Waals surface area contributed by atoms with E-state index in [-0.39, 0.29) is 6.61 Å². The second-order valence-corrected chi connectivity index (χ2v) is 6.20. The van der Waals surface area contributed by atoms with Crippen molar-refractivity contribution in [2.75, 3.05) is 19.5 Å². The van der Waals surface area contributed by atoms with Gasteiger partial charge in [0.05, 0.1) is 19.0 Å². The molecule has 0 aliphatic carbocycles. The summed E-state index contributed by atoms with van der Waals surface area (Å²) >= 11 is 1.30. The molecule has 0 heterocycles. The van der Waals surface area contributed by atoms with E-state index in [1.807, 2.05) is 36.4 Å². The minimum atomic E-state index is -1.34. The van der Waals surface area contributed by atoms with Gasteiger partial charge < -0.3 is 20.3 Å². The number of hydrogen-bond donors (Lipinski definition) is 2. The topological polar surface area (TPSA) is 81.8 Å². The van der Waals surface area contributed by atoms with Gasteiger partial charge in [-0.05, 0) is 25.1 Å². The number of aliphatic hydroxyl groups is 1. The number of thioether (sulfide) groups is 1. The van der Waals surface area contributed by atoms with Crippen molar-refractivity contribution in [3.05, 3.63) is 54.1 Å². The molecule has 0 spiro atoms. The molecule has 0 radical (unpaired) electrons. The van der Waals surface area contributed by atoms with E-state index in [4.69, 9.17) is 15.2 Å². The number of rotatable bonds is 7. The number of methoxy groups -OCH3 is 1. The van der Waals surface area contributed by atoms with Gasteiger partial charge in [0.1, 0.15) is 5.75 Å². The number of benzene rings is 2. The van der Waals surface area contributed by atoms with E-state index < -0.39 is 17.3 Å². The monoisotopic (exact) mass is 347 g/mol. The maximum Gasteiger partial charge on any atom is 0.336 e. The Kier molecular flexibility index (Phi) is 6.52. The van der Waals surface area contributed by atoms with E-state index in [9.17, 15) is 9.90 Å². The first-order valence-corrected chi connectivity index (χ1v) is 8.45. The summed E-state index contributed by atoms with van der Waals surface area (Å²) in [6, 6.07) is 14.6. The number of ether oxygens (including phenoxy) is 2. The van der Waals surface area contributed by atoms with Crippen LogP contribution in [0.3, 0.4) is 0 Å². The summed E-state index contributed by atoms with van der Waals surface area (Å²) in [5, 5.41) is 9.94. The molecule has 0 aromatic heterocycles. The van der Waals surface area contributed by atoms with Crippen LogP contribution in [0.15, 0.2) is 53.4 Å². The molecule has 5 nitrogen and oxygen atoms in total. The number of para-hydroxylation sites is 2. The van der Waals surface area contributed by atoms with E-state index in [1.54, 1.807) is 26.2 Å². The number of aliphatic hydroxyl groups excluding tert-OH is 1. The van der Waals surface area contributed by atoms with Crippen molar-refractivity contribution in [2.45, 2.75) is 23.2 Å². The SMILES string of the molecule is CCOC(=O)[C@H](O)[C@@H](Sc1ccccc1N)c1ccccc1OC. The van der Waals surface area contributed by atoms with Crippen molar-refractivity contribution < 1.29 is 19.4 Å². The van der Waals surface area contributed by atoms with E-state index >= 15 is 0 Å². The molecule has 2 atom stereocenters. The maximum atomic E-state index is 12.1. The highest BCUT2D eigenvalue weighted by Gasteiger charge is 2.32. The smallest absolute Gasteiger partial charge is 0.336 e. The highest BCUT2D eigenvalue weighted by molar-refractivity contribution is 7.99. The van der Waals surface area contributed by atoms with Crippen molar-refractivity contribution in [3.63, 3.8) is 0 Å². The third-order valence-corrected chi connectivity index (χ3v) is 4.82. The fraction of sp³-hybridized carbons (Fsp3) is 0.278. The number of carbonyl (C=O) groups excluding carboxylic acids is 1. The van der Waals surface area contributed by atoms with Crippen molar-refractivity contribution >= 4 is 23.4 Å². The van der Waals surface area contributed by atoms with Gasteiger partial charge in [0.25, 0.3) is 0 Å². The molecule has 0 saturated carbocycles. The van der Waals surface area contributed by atoms with Gasteiger partial charge in [-0.3, -0.25) is 0 Å². The van der Waals surface area contributed by atoms with Crippen LogP contribution >= 0.6 is 11.8 Å². The van der Waals surface area contributed by atoms with Crippen LogP contribution < -0.4 is 10.5 Å². The van der Waals surface area contributed by atoms with Crippen LogP contribution in [0, 0.1) is 0 Å². The molecule has 0 saturated heterocycles. The van der Waals surface area contributed by atoms with Crippen LogP contribution in [0.5, 0.6) is 5.75 Å². The Bertz CT molecular complexity index is 692. The highest BCUT2D eigenvalue weighted by Crippen LogP contribution is 2.43. The Balaban J connectivity index is 2.41. The second kappa shape index (κ2) is 8.61. The third kappa shape index (κ3) is 4.21. The van der Waals surface area contributed by atoms with Gasteiger partial charge in [-0.1, -0.05) is 30.3 Å². The van der Waals surface area contributed by atoms with E-state index in [0.29, 0.717) is 17.0 Å². The number of hydrogen-bond acceptors (Lipinski definition) is 6.